The van der Waals surface area contributed by atoms with E-state index in [1.807, 2.05) is 0 Å². The van der Waals surface area contributed by atoms with Crippen molar-refractivity contribution in [3.8, 4) is 0 Å². The van der Waals surface area contributed by atoms with E-state index in [-0.39, 0.29) is 0 Å². The van der Waals surface area contributed by atoms with Crippen LogP contribution in [0.5, 0.6) is 0 Å². The summed E-state index contributed by atoms with van der Waals surface area (Å²) >= 11 is 0. The molecule has 2 bridgehead atoms. The van der Waals surface area contributed by atoms with Crippen LogP contribution >= 0.6 is 0 Å². The molecule has 5 unspecified atom stereocenters. The molecule has 0 spiro atoms. The topological polar surface area (TPSA) is 0 Å². The maximum Gasteiger partial charge on any atom is -0.0357 e. The lowest BCUT2D eigenvalue weighted by Gasteiger charge is -2.31. The lowest BCUT2D eigenvalue weighted by molar-refractivity contribution is 0.182. The van der Waals surface area contributed by atoms with Crippen LogP contribution < -0.4 is 0 Å². The first-order valence-electron chi connectivity index (χ1n) is 5.24. The highest BCUT2D eigenvalue weighted by molar-refractivity contribution is 4.96. The van der Waals surface area contributed by atoms with Crippen molar-refractivity contribution < 1.29 is 0 Å². The molecule has 2 aliphatic carbocycles. The predicted molar refractivity (Wildman–Crippen MR) is 48.3 cm³/mol. The second kappa shape index (κ2) is 2.50. The van der Waals surface area contributed by atoms with Gasteiger partial charge in [-0.25, -0.2) is 0 Å². The molecule has 11 heavy (non-hydrogen) atoms. The van der Waals surface area contributed by atoms with Gasteiger partial charge in [-0.3, -0.25) is 0 Å². The molecule has 0 aliphatic heterocycles. The normalized spacial score (nSPS) is 55.4. The van der Waals surface area contributed by atoms with Crippen molar-refractivity contribution in [2.24, 2.45) is 29.6 Å². The minimum absolute atomic E-state index is 1.04. The van der Waals surface area contributed by atoms with Crippen LogP contribution in [0.3, 0.4) is 0 Å². The van der Waals surface area contributed by atoms with E-state index < -0.39 is 0 Å². The fourth-order valence-electron chi connectivity index (χ4n) is 3.86. The van der Waals surface area contributed by atoms with E-state index in [1.165, 1.54) is 12.8 Å². The lowest BCUT2D eigenvalue weighted by atomic mass is 9.74. The summed E-state index contributed by atoms with van der Waals surface area (Å²) in [6.45, 7) is 7.30. The fraction of sp³-hybridized carbons (Fsp3) is 1.00. The predicted octanol–water partition coefficient (Wildman–Crippen LogP) is 3.32. The molecule has 2 rings (SSSR count). The fourth-order valence-corrected chi connectivity index (χ4v) is 3.86. The third-order valence-corrected chi connectivity index (χ3v) is 4.41. The van der Waals surface area contributed by atoms with Crippen LogP contribution in [-0.2, 0) is 0 Å². The van der Waals surface area contributed by atoms with Gasteiger partial charge in [0, 0.05) is 0 Å². The average Bonchev–Trinajstić information content (AvgIpc) is 2.44. The summed E-state index contributed by atoms with van der Waals surface area (Å²) in [7, 11) is 0. The Labute approximate surface area is 70.4 Å². The second-order valence-corrected chi connectivity index (χ2v) is 4.80. The highest BCUT2D eigenvalue weighted by Gasteiger charge is 2.47. The van der Waals surface area contributed by atoms with Crippen molar-refractivity contribution >= 4 is 0 Å². The summed E-state index contributed by atoms with van der Waals surface area (Å²) < 4.78 is 0. The van der Waals surface area contributed by atoms with Crippen molar-refractivity contribution in [3.63, 3.8) is 0 Å². The van der Waals surface area contributed by atoms with Gasteiger partial charge in [-0.15, -0.1) is 0 Å². The van der Waals surface area contributed by atoms with Crippen LogP contribution in [0.2, 0.25) is 0 Å². The van der Waals surface area contributed by atoms with Gasteiger partial charge in [-0.05, 0) is 42.4 Å². The maximum absolute atomic E-state index is 2.48. The first kappa shape index (κ1) is 7.64. The molecular formula is C11H20. The molecule has 2 fully saturated rings. The Morgan fingerprint density at radius 3 is 2.36 bits per heavy atom. The molecule has 0 aromatic heterocycles. The first-order valence-corrected chi connectivity index (χ1v) is 5.24. The van der Waals surface area contributed by atoms with Crippen molar-refractivity contribution in [2.75, 3.05) is 0 Å². The molecule has 64 valence electrons. The molecule has 2 saturated carbocycles. The Balaban J connectivity index is 2.11. The van der Waals surface area contributed by atoms with Gasteiger partial charge in [0.25, 0.3) is 0 Å². The van der Waals surface area contributed by atoms with E-state index >= 15 is 0 Å². The minimum atomic E-state index is 1.04. The standard InChI is InChI=1S/C11H20/c1-4-10-8(3)11-6-9(10)5-7(11)2/h7-11H,4-6H2,1-3H3. The van der Waals surface area contributed by atoms with Crippen molar-refractivity contribution in [1.82, 2.24) is 0 Å². The maximum atomic E-state index is 2.48. The molecule has 0 saturated heterocycles. The Bertz CT molecular complexity index is 146. The van der Waals surface area contributed by atoms with Crippen LogP contribution in [0, 0.1) is 29.6 Å². The summed E-state index contributed by atoms with van der Waals surface area (Å²) in [5.74, 6) is 5.35. The smallest absolute Gasteiger partial charge is 0.0357 e. The summed E-state index contributed by atoms with van der Waals surface area (Å²) in [6, 6.07) is 0. The van der Waals surface area contributed by atoms with Crippen molar-refractivity contribution in [1.29, 1.82) is 0 Å². The van der Waals surface area contributed by atoms with Crippen LogP contribution in [0.15, 0.2) is 0 Å². The van der Waals surface area contributed by atoms with Gasteiger partial charge in [0.15, 0.2) is 0 Å². The summed E-state index contributed by atoms with van der Waals surface area (Å²) in [5, 5.41) is 0. The Morgan fingerprint density at radius 1 is 1.18 bits per heavy atom. The number of fused-ring (bicyclic) bond motifs is 2. The zero-order chi connectivity index (χ0) is 8.01. The highest BCUT2D eigenvalue weighted by Crippen LogP contribution is 2.55. The number of rotatable bonds is 1. The molecule has 0 nitrogen and oxygen atoms in total. The molecule has 2 aliphatic rings. The highest BCUT2D eigenvalue weighted by atomic mass is 14.5. The SMILES string of the molecule is CCC1C2CC(C)C(C2)C1C. The Hall–Kier alpha value is 0. The van der Waals surface area contributed by atoms with E-state index in [9.17, 15) is 0 Å². The van der Waals surface area contributed by atoms with E-state index in [0.717, 1.165) is 29.6 Å². The van der Waals surface area contributed by atoms with Gasteiger partial charge >= 0.3 is 0 Å². The van der Waals surface area contributed by atoms with Crippen LogP contribution in [0.4, 0.5) is 0 Å². The number of hydrogen-bond acceptors (Lipinski definition) is 0. The molecular weight excluding hydrogens is 132 g/mol. The molecule has 0 radical (unpaired) electrons. The van der Waals surface area contributed by atoms with Crippen LogP contribution in [0.1, 0.15) is 40.0 Å². The molecule has 0 amide bonds. The Kier molecular flexibility index (Phi) is 1.74. The first-order chi connectivity index (χ1) is 5.24. The van der Waals surface area contributed by atoms with Crippen LogP contribution in [0.25, 0.3) is 0 Å². The zero-order valence-corrected chi connectivity index (χ0v) is 8.01. The van der Waals surface area contributed by atoms with Crippen molar-refractivity contribution in [2.45, 2.75) is 40.0 Å². The van der Waals surface area contributed by atoms with E-state index in [1.54, 1.807) is 6.42 Å². The third kappa shape index (κ3) is 0.947. The van der Waals surface area contributed by atoms with Crippen molar-refractivity contribution in [3.05, 3.63) is 0 Å². The van der Waals surface area contributed by atoms with Crippen LogP contribution in [-0.4, -0.2) is 0 Å². The van der Waals surface area contributed by atoms with Gasteiger partial charge < -0.3 is 0 Å². The molecule has 0 heteroatoms. The number of hydrogen-bond donors (Lipinski definition) is 0. The molecule has 5 atom stereocenters. The lowest BCUT2D eigenvalue weighted by Crippen LogP contribution is -2.23. The van der Waals surface area contributed by atoms with E-state index in [0.29, 0.717) is 0 Å². The molecule has 0 heterocycles. The van der Waals surface area contributed by atoms with Gasteiger partial charge in [-0.2, -0.15) is 0 Å². The van der Waals surface area contributed by atoms with Gasteiger partial charge in [-0.1, -0.05) is 27.2 Å². The summed E-state index contributed by atoms with van der Waals surface area (Å²) in [5.41, 5.74) is 0. The van der Waals surface area contributed by atoms with Gasteiger partial charge in [0.1, 0.15) is 0 Å². The quantitative estimate of drug-likeness (QED) is 0.540. The molecule has 0 N–H and O–H groups in total. The third-order valence-electron chi connectivity index (χ3n) is 4.41. The largest absolute Gasteiger partial charge is 0.0651 e. The Morgan fingerprint density at radius 2 is 1.91 bits per heavy atom. The summed E-state index contributed by atoms with van der Waals surface area (Å²) in [6.07, 6.45) is 4.52. The van der Waals surface area contributed by atoms with E-state index in [2.05, 4.69) is 20.8 Å². The summed E-state index contributed by atoms with van der Waals surface area (Å²) in [4.78, 5) is 0. The molecule has 0 aromatic carbocycles. The monoisotopic (exact) mass is 152 g/mol. The van der Waals surface area contributed by atoms with Gasteiger partial charge in [0.05, 0.1) is 0 Å². The second-order valence-electron chi connectivity index (χ2n) is 4.80. The van der Waals surface area contributed by atoms with E-state index in [4.69, 9.17) is 0 Å². The zero-order valence-electron chi connectivity index (χ0n) is 8.01. The van der Waals surface area contributed by atoms with Gasteiger partial charge in [0.2, 0.25) is 0 Å². The average molecular weight is 152 g/mol. The minimum Gasteiger partial charge on any atom is -0.0651 e. The molecule has 0 aromatic rings.